The highest BCUT2D eigenvalue weighted by Crippen LogP contribution is 2.14. The van der Waals surface area contributed by atoms with Crippen molar-refractivity contribution >= 4 is 22.4 Å². The van der Waals surface area contributed by atoms with Gasteiger partial charge in [-0.3, -0.25) is 9.00 Å². The van der Waals surface area contributed by atoms with Crippen LogP contribution in [0.1, 0.15) is 13.3 Å². The molecule has 5 nitrogen and oxygen atoms in total. The number of nitrogens with one attached hydrogen (secondary N) is 1. The third kappa shape index (κ3) is 6.81. The summed E-state index contributed by atoms with van der Waals surface area (Å²) in [5, 5.41) is 2.77. The zero-order chi connectivity index (χ0) is 14.3. The van der Waals surface area contributed by atoms with E-state index in [-0.39, 0.29) is 25.0 Å². The quantitative estimate of drug-likeness (QED) is 0.730. The van der Waals surface area contributed by atoms with Crippen LogP contribution in [0.4, 0.5) is 5.69 Å². The molecule has 6 heteroatoms. The van der Waals surface area contributed by atoms with Gasteiger partial charge < -0.3 is 15.8 Å². The third-order valence-corrected chi connectivity index (χ3v) is 3.32. The molecule has 0 aliphatic heterocycles. The lowest BCUT2D eigenvalue weighted by Crippen LogP contribution is -2.36. The molecule has 1 rings (SSSR count). The van der Waals surface area contributed by atoms with E-state index in [9.17, 15) is 9.00 Å². The molecule has 0 aliphatic carbocycles. The summed E-state index contributed by atoms with van der Waals surface area (Å²) in [6.45, 7) is 2.12. The fourth-order valence-electron chi connectivity index (χ4n) is 1.61. The van der Waals surface area contributed by atoms with Gasteiger partial charge in [-0.1, -0.05) is 6.07 Å². The fourth-order valence-corrected chi connectivity index (χ4v) is 2.39. The molecular weight excluding hydrogens is 264 g/mol. The zero-order valence-corrected chi connectivity index (χ0v) is 12.0. The molecule has 2 unspecified atom stereocenters. The summed E-state index contributed by atoms with van der Waals surface area (Å²) >= 11 is 0. The van der Waals surface area contributed by atoms with Crippen molar-refractivity contribution in [3.63, 3.8) is 0 Å². The van der Waals surface area contributed by atoms with Crippen molar-refractivity contribution in [3.05, 3.63) is 24.3 Å². The van der Waals surface area contributed by atoms with Gasteiger partial charge in [-0.15, -0.1) is 0 Å². The topological polar surface area (TPSA) is 81.4 Å². The molecule has 0 radical (unpaired) electrons. The van der Waals surface area contributed by atoms with Crippen LogP contribution in [0.15, 0.2) is 24.3 Å². The number of anilines is 1. The van der Waals surface area contributed by atoms with Crippen molar-refractivity contribution < 1.29 is 13.7 Å². The summed E-state index contributed by atoms with van der Waals surface area (Å²) < 4.78 is 16.4. The zero-order valence-electron chi connectivity index (χ0n) is 11.2. The van der Waals surface area contributed by atoms with Gasteiger partial charge in [-0.2, -0.15) is 0 Å². The summed E-state index contributed by atoms with van der Waals surface area (Å²) in [6.07, 6.45) is 1.88. The van der Waals surface area contributed by atoms with Crippen molar-refractivity contribution in [2.45, 2.75) is 19.4 Å². The number of carbonyl (C=O) groups is 1. The second-order valence-corrected chi connectivity index (χ2v) is 5.86. The highest BCUT2D eigenvalue weighted by atomic mass is 32.2. The van der Waals surface area contributed by atoms with Gasteiger partial charge >= 0.3 is 0 Å². The molecule has 0 aliphatic rings. The monoisotopic (exact) mass is 284 g/mol. The van der Waals surface area contributed by atoms with Gasteiger partial charge in [0.15, 0.2) is 0 Å². The molecule has 19 heavy (non-hydrogen) atoms. The molecule has 0 saturated heterocycles. The van der Waals surface area contributed by atoms with E-state index < -0.39 is 10.8 Å². The molecule has 2 atom stereocenters. The smallest absolute Gasteiger partial charge is 0.223 e. The summed E-state index contributed by atoms with van der Waals surface area (Å²) in [6, 6.07) is 6.97. The van der Waals surface area contributed by atoms with Gasteiger partial charge in [0.05, 0.1) is 13.0 Å². The average molecular weight is 284 g/mol. The van der Waals surface area contributed by atoms with Crippen molar-refractivity contribution in [1.82, 2.24) is 5.32 Å². The number of carbonyl (C=O) groups excluding carboxylic acids is 1. The molecule has 3 N–H and O–H groups in total. The lowest BCUT2D eigenvalue weighted by molar-refractivity contribution is -0.122. The molecule has 0 bridgehead atoms. The molecule has 0 fully saturated rings. The molecule has 0 spiro atoms. The maximum atomic E-state index is 11.6. The van der Waals surface area contributed by atoms with E-state index in [2.05, 4.69) is 5.32 Å². The number of hydrogen-bond acceptors (Lipinski definition) is 4. The van der Waals surface area contributed by atoms with Crippen LogP contribution in [0.2, 0.25) is 0 Å². The number of nitrogen functional groups attached to an aromatic ring is 1. The first-order chi connectivity index (χ1) is 8.97. The number of amides is 1. The Morgan fingerprint density at radius 2 is 2.26 bits per heavy atom. The number of benzene rings is 1. The van der Waals surface area contributed by atoms with E-state index in [1.807, 2.05) is 6.92 Å². The van der Waals surface area contributed by atoms with E-state index in [1.54, 1.807) is 30.5 Å². The Morgan fingerprint density at radius 3 is 2.89 bits per heavy atom. The first kappa shape index (κ1) is 15.5. The van der Waals surface area contributed by atoms with Gasteiger partial charge in [0, 0.05) is 40.6 Å². The van der Waals surface area contributed by atoms with Crippen LogP contribution in [0.3, 0.4) is 0 Å². The van der Waals surface area contributed by atoms with Gasteiger partial charge in [-0.05, 0) is 19.1 Å². The largest absolute Gasteiger partial charge is 0.493 e. The maximum Gasteiger partial charge on any atom is 0.223 e. The molecule has 0 aromatic heterocycles. The predicted molar refractivity (Wildman–Crippen MR) is 77.5 cm³/mol. The van der Waals surface area contributed by atoms with Crippen LogP contribution in [-0.2, 0) is 15.6 Å². The molecule has 0 saturated carbocycles. The predicted octanol–water partition coefficient (Wildman–Crippen LogP) is 0.921. The van der Waals surface area contributed by atoms with Crippen molar-refractivity contribution in [1.29, 1.82) is 0 Å². The van der Waals surface area contributed by atoms with E-state index >= 15 is 0 Å². The summed E-state index contributed by atoms with van der Waals surface area (Å²) in [7, 11) is -0.910. The molecule has 1 amide bonds. The Kier molecular flexibility index (Phi) is 6.35. The van der Waals surface area contributed by atoms with Crippen molar-refractivity contribution in [2.75, 3.05) is 24.3 Å². The Labute approximate surface area is 116 Å². The van der Waals surface area contributed by atoms with Crippen molar-refractivity contribution in [3.8, 4) is 5.75 Å². The Balaban J connectivity index is 2.25. The second kappa shape index (κ2) is 7.78. The highest BCUT2D eigenvalue weighted by molar-refractivity contribution is 7.84. The van der Waals surface area contributed by atoms with Crippen molar-refractivity contribution in [2.24, 2.45) is 0 Å². The molecule has 106 valence electrons. The van der Waals surface area contributed by atoms with Crippen LogP contribution in [0.25, 0.3) is 0 Å². The molecule has 1 aromatic carbocycles. The van der Waals surface area contributed by atoms with Gasteiger partial charge in [0.1, 0.15) is 5.75 Å². The molecular formula is C13H20N2O3S. The van der Waals surface area contributed by atoms with Gasteiger partial charge in [0.25, 0.3) is 0 Å². The number of hydrogen-bond donors (Lipinski definition) is 2. The van der Waals surface area contributed by atoms with E-state index in [0.29, 0.717) is 17.2 Å². The first-order valence-electron chi connectivity index (χ1n) is 6.05. The van der Waals surface area contributed by atoms with Gasteiger partial charge in [-0.25, -0.2) is 0 Å². The van der Waals surface area contributed by atoms with Crippen LogP contribution >= 0.6 is 0 Å². The Morgan fingerprint density at radius 1 is 1.53 bits per heavy atom. The van der Waals surface area contributed by atoms with E-state index in [0.717, 1.165) is 0 Å². The summed E-state index contributed by atoms with van der Waals surface area (Å²) in [5.74, 6) is 0.999. The lowest BCUT2D eigenvalue weighted by atomic mass is 10.3. The maximum absolute atomic E-state index is 11.6. The number of ether oxygens (including phenoxy) is 1. The van der Waals surface area contributed by atoms with Crippen LogP contribution in [-0.4, -0.2) is 34.8 Å². The van der Waals surface area contributed by atoms with E-state index in [1.165, 1.54) is 0 Å². The SMILES string of the molecule is CC(CS(C)=O)NC(=O)CCOc1cccc(N)c1. The first-order valence-corrected chi connectivity index (χ1v) is 7.78. The minimum atomic E-state index is -0.910. The Bertz CT molecular complexity index is 451. The third-order valence-electron chi connectivity index (χ3n) is 2.35. The minimum Gasteiger partial charge on any atom is -0.493 e. The fraction of sp³-hybridized carbons (Fsp3) is 0.462. The van der Waals surface area contributed by atoms with Crippen LogP contribution in [0.5, 0.6) is 5.75 Å². The summed E-state index contributed by atoms with van der Waals surface area (Å²) in [5.41, 5.74) is 6.24. The lowest BCUT2D eigenvalue weighted by Gasteiger charge is -2.12. The highest BCUT2D eigenvalue weighted by Gasteiger charge is 2.08. The second-order valence-electron chi connectivity index (χ2n) is 4.38. The molecule has 1 aromatic rings. The number of rotatable bonds is 7. The normalized spacial score (nSPS) is 13.6. The van der Waals surface area contributed by atoms with E-state index in [4.69, 9.17) is 10.5 Å². The van der Waals surface area contributed by atoms with Crippen LogP contribution in [0, 0.1) is 0 Å². The average Bonchev–Trinajstić information content (AvgIpc) is 2.27. The standard InChI is InChI=1S/C13H20N2O3S/c1-10(9-19(2)17)15-13(16)6-7-18-12-5-3-4-11(14)8-12/h3-5,8,10H,6-7,9,14H2,1-2H3,(H,15,16). The van der Waals surface area contributed by atoms with Gasteiger partial charge in [0.2, 0.25) is 5.91 Å². The Hall–Kier alpha value is -1.56. The van der Waals surface area contributed by atoms with Crippen LogP contribution < -0.4 is 15.8 Å². The minimum absolute atomic E-state index is 0.0919. The molecule has 0 heterocycles. The summed E-state index contributed by atoms with van der Waals surface area (Å²) in [4.78, 5) is 11.6. The number of nitrogens with two attached hydrogens (primary N) is 1.